The van der Waals surface area contributed by atoms with Crippen LogP contribution in [0.25, 0.3) is 0 Å². The van der Waals surface area contributed by atoms with E-state index in [-0.39, 0.29) is 11.1 Å². The van der Waals surface area contributed by atoms with Crippen LogP contribution in [0, 0.1) is 0 Å². The van der Waals surface area contributed by atoms with Crippen molar-refractivity contribution >= 4 is 17.3 Å². The van der Waals surface area contributed by atoms with Crippen molar-refractivity contribution in [2.24, 2.45) is 0 Å². The summed E-state index contributed by atoms with van der Waals surface area (Å²) in [5, 5.41) is 3.17. The van der Waals surface area contributed by atoms with Gasteiger partial charge in [-0.1, -0.05) is 11.6 Å². The second-order valence-corrected chi connectivity index (χ2v) is 5.26. The quantitative estimate of drug-likeness (QED) is 0.800. The Bertz CT molecular complexity index is 581. The van der Waals surface area contributed by atoms with E-state index >= 15 is 0 Å². The van der Waals surface area contributed by atoms with Crippen LogP contribution in [0.3, 0.4) is 0 Å². The minimum absolute atomic E-state index is 0.0596. The third kappa shape index (κ3) is 4.43. The molecule has 2 rings (SSSR count). The molecule has 1 heterocycles. The van der Waals surface area contributed by atoms with Crippen molar-refractivity contribution in [2.75, 3.05) is 5.32 Å². The Morgan fingerprint density at radius 3 is 2.62 bits per heavy atom. The van der Waals surface area contributed by atoms with Crippen LogP contribution in [-0.2, 0) is 12.6 Å². The Hall–Kier alpha value is -1.62. The summed E-state index contributed by atoms with van der Waals surface area (Å²) in [6.07, 6.45) is -1.24. The maximum absolute atomic E-state index is 12.6. The van der Waals surface area contributed by atoms with E-state index in [0.29, 0.717) is 5.69 Å². The maximum Gasteiger partial charge on any atom is 0.416 e. The number of benzene rings is 1. The van der Waals surface area contributed by atoms with E-state index in [0.717, 1.165) is 30.7 Å². The average Bonchev–Trinajstić information content (AvgIpc) is 2.91. The molecule has 0 saturated carbocycles. The third-order valence-electron chi connectivity index (χ3n) is 3.10. The van der Waals surface area contributed by atoms with Gasteiger partial charge < -0.3 is 9.73 Å². The van der Waals surface area contributed by atoms with Crippen LogP contribution in [0.4, 0.5) is 18.9 Å². The first kappa shape index (κ1) is 15.8. The summed E-state index contributed by atoms with van der Waals surface area (Å²) in [4.78, 5) is 0. The molecule has 1 aromatic carbocycles. The Labute approximate surface area is 125 Å². The van der Waals surface area contributed by atoms with Crippen molar-refractivity contribution in [1.82, 2.24) is 0 Å². The Morgan fingerprint density at radius 2 is 2.05 bits per heavy atom. The fraction of sp³-hybridized carbons (Fsp3) is 0.333. The van der Waals surface area contributed by atoms with Gasteiger partial charge in [0, 0.05) is 12.5 Å². The van der Waals surface area contributed by atoms with E-state index in [1.165, 1.54) is 6.07 Å². The summed E-state index contributed by atoms with van der Waals surface area (Å²) < 4.78 is 42.9. The Kier molecular flexibility index (Phi) is 4.83. The summed E-state index contributed by atoms with van der Waals surface area (Å²) in [5.74, 6) is 0.877. The molecule has 21 heavy (non-hydrogen) atoms. The van der Waals surface area contributed by atoms with Crippen LogP contribution in [0.2, 0.25) is 5.02 Å². The van der Waals surface area contributed by atoms with Gasteiger partial charge in [0.25, 0.3) is 0 Å². The topological polar surface area (TPSA) is 25.2 Å². The van der Waals surface area contributed by atoms with Crippen molar-refractivity contribution in [1.29, 1.82) is 0 Å². The first-order valence-electron chi connectivity index (χ1n) is 6.52. The molecule has 0 saturated heterocycles. The molecule has 1 atom stereocenters. The molecule has 0 fully saturated rings. The second kappa shape index (κ2) is 6.43. The monoisotopic (exact) mass is 317 g/mol. The Morgan fingerprint density at radius 1 is 1.29 bits per heavy atom. The van der Waals surface area contributed by atoms with E-state index in [4.69, 9.17) is 16.0 Å². The molecule has 0 aliphatic rings. The van der Waals surface area contributed by atoms with Crippen molar-refractivity contribution in [3.05, 3.63) is 52.9 Å². The molecule has 2 nitrogen and oxygen atoms in total. The second-order valence-electron chi connectivity index (χ2n) is 4.86. The summed E-state index contributed by atoms with van der Waals surface area (Å²) >= 11 is 5.90. The summed E-state index contributed by atoms with van der Waals surface area (Å²) in [6, 6.07) is 7.08. The van der Waals surface area contributed by atoms with Crippen LogP contribution in [0.15, 0.2) is 41.0 Å². The SMILES string of the molecule is CC(CCc1ccco1)Nc1ccc(C(F)(F)F)cc1Cl. The van der Waals surface area contributed by atoms with Crippen molar-refractivity contribution in [2.45, 2.75) is 32.0 Å². The first-order chi connectivity index (χ1) is 9.86. The number of alkyl halides is 3. The molecule has 0 radical (unpaired) electrons. The predicted molar refractivity (Wildman–Crippen MR) is 76.6 cm³/mol. The molecule has 0 aliphatic carbocycles. The smallest absolute Gasteiger partial charge is 0.416 e. The Balaban J connectivity index is 1.96. The zero-order chi connectivity index (χ0) is 15.5. The zero-order valence-electron chi connectivity index (χ0n) is 11.4. The standard InChI is InChI=1S/C15H15ClF3NO/c1-10(4-6-12-3-2-8-21-12)20-14-7-5-11(9-13(14)16)15(17,18)19/h2-3,5,7-10,20H,4,6H2,1H3. The van der Waals surface area contributed by atoms with Gasteiger partial charge in [0.1, 0.15) is 5.76 Å². The van der Waals surface area contributed by atoms with Crippen molar-refractivity contribution < 1.29 is 17.6 Å². The van der Waals surface area contributed by atoms with E-state index in [1.807, 2.05) is 19.1 Å². The van der Waals surface area contributed by atoms with Gasteiger partial charge in [-0.2, -0.15) is 13.2 Å². The third-order valence-corrected chi connectivity index (χ3v) is 3.41. The highest BCUT2D eigenvalue weighted by Crippen LogP contribution is 2.34. The number of halogens is 4. The van der Waals surface area contributed by atoms with Crippen LogP contribution >= 0.6 is 11.6 Å². The minimum atomic E-state index is -4.38. The van der Waals surface area contributed by atoms with Gasteiger partial charge in [-0.15, -0.1) is 0 Å². The number of hydrogen-bond acceptors (Lipinski definition) is 2. The lowest BCUT2D eigenvalue weighted by atomic mass is 10.1. The van der Waals surface area contributed by atoms with Gasteiger partial charge >= 0.3 is 6.18 Å². The molecule has 0 aliphatic heterocycles. The van der Waals surface area contributed by atoms with Crippen LogP contribution in [-0.4, -0.2) is 6.04 Å². The van der Waals surface area contributed by atoms with Gasteiger partial charge in [-0.3, -0.25) is 0 Å². The normalized spacial score (nSPS) is 13.2. The molecule has 114 valence electrons. The fourth-order valence-electron chi connectivity index (χ4n) is 1.96. The molecule has 1 unspecified atom stereocenters. The van der Waals surface area contributed by atoms with Crippen LogP contribution < -0.4 is 5.32 Å². The van der Waals surface area contributed by atoms with Gasteiger partial charge in [0.15, 0.2) is 0 Å². The number of anilines is 1. The predicted octanol–water partition coefficient (Wildman–Crippen LogP) is 5.39. The number of aryl methyl sites for hydroxylation is 1. The van der Waals surface area contributed by atoms with Crippen LogP contribution in [0.1, 0.15) is 24.7 Å². The van der Waals surface area contributed by atoms with Crippen molar-refractivity contribution in [3.8, 4) is 0 Å². The highest BCUT2D eigenvalue weighted by molar-refractivity contribution is 6.33. The minimum Gasteiger partial charge on any atom is -0.469 e. The lowest BCUT2D eigenvalue weighted by Crippen LogP contribution is -2.16. The summed E-state index contributed by atoms with van der Waals surface area (Å²) in [5.41, 5.74) is -0.252. The highest BCUT2D eigenvalue weighted by atomic mass is 35.5. The number of furan rings is 1. The highest BCUT2D eigenvalue weighted by Gasteiger charge is 2.30. The largest absolute Gasteiger partial charge is 0.469 e. The molecule has 0 amide bonds. The average molecular weight is 318 g/mol. The van der Waals surface area contributed by atoms with Gasteiger partial charge in [-0.25, -0.2) is 0 Å². The van der Waals surface area contributed by atoms with Gasteiger partial charge in [0.2, 0.25) is 0 Å². The summed E-state index contributed by atoms with van der Waals surface area (Å²) in [6.45, 7) is 1.94. The molecule has 1 aromatic heterocycles. The van der Waals surface area contributed by atoms with E-state index in [1.54, 1.807) is 6.26 Å². The van der Waals surface area contributed by atoms with E-state index < -0.39 is 11.7 Å². The summed E-state index contributed by atoms with van der Waals surface area (Å²) in [7, 11) is 0. The molecular formula is C15H15ClF3NO. The number of rotatable bonds is 5. The molecule has 0 spiro atoms. The number of hydrogen-bond donors (Lipinski definition) is 1. The molecule has 0 bridgehead atoms. The van der Waals surface area contributed by atoms with E-state index in [2.05, 4.69) is 5.32 Å². The first-order valence-corrected chi connectivity index (χ1v) is 6.89. The molecule has 2 aromatic rings. The maximum atomic E-state index is 12.6. The van der Waals surface area contributed by atoms with Gasteiger partial charge in [0.05, 0.1) is 22.5 Å². The van der Waals surface area contributed by atoms with Gasteiger partial charge in [-0.05, 0) is 43.7 Å². The number of nitrogens with one attached hydrogen (secondary N) is 1. The van der Waals surface area contributed by atoms with Crippen molar-refractivity contribution in [3.63, 3.8) is 0 Å². The van der Waals surface area contributed by atoms with E-state index in [9.17, 15) is 13.2 Å². The van der Waals surface area contributed by atoms with Crippen LogP contribution in [0.5, 0.6) is 0 Å². The molecule has 6 heteroatoms. The molecular weight excluding hydrogens is 303 g/mol. The zero-order valence-corrected chi connectivity index (χ0v) is 12.1. The fourth-order valence-corrected chi connectivity index (χ4v) is 2.19. The molecule has 1 N–H and O–H groups in total. The lowest BCUT2D eigenvalue weighted by Gasteiger charge is -2.17. The lowest BCUT2D eigenvalue weighted by molar-refractivity contribution is -0.137.